The highest BCUT2D eigenvalue weighted by Crippen LogP contribution is 2.36. The van der Waals surface area contributed by atoms with E-state index in [1.54, 1.807) is 30.2 Å². The van der Waals surface area contributed by atoms with Gasteiger partial charge in [-0.2, -0.15) is 0 Å². The number of amides is 1. The maximum atomic E-state index is 12.9. The van der Waals surface area contributed by atoms with Crippen molar-refractivity contribution in [2.75, 3.05) is 26.2 Å². The number of rotatable bonds is 6. The maximum absolute atomic E-state index is 12.9. The molecule has 9 nitrogen and oxygen atoms in total. The zero-order valence-corrected chi connectivity index (χ0v) is 18.9. The van der Waals surface area contributed by atoms with E-state index in [1.165, 1.54) is 17.7 Å². The van der Waals surface area contributed by atoms with Gasteiger partial charge < -0.3 is 23.7 Å². The average molecular weight is 453 g/mol. The number of hydrogen-bond acceptors (Lipinski definition) is 6. The topological polar surface area (TPSA) is 101 Å². The molecule has 3 aromatic rings. The first kappa shape index (κ1) is 21.5. The van der Waals surface area contributed by atoms with Crippen molar-refractivity contribution in [3.8, 4) is 16.9 Å². The molecule has 1 aliphatic heterocycles. The Labute approximate surface area is 191 Å². The lowest BCUT2D eigenvalue weighted by molar-refractivity contribution is 0.0677. The zero-order chi connectivity index (χ0) is 23.1. The molecule has 33 heavy (non-hydrogen) atoms. The summed E-state index contributed by atoms with van der Waals surface area (Å²) in [5.41, 5.74) is 2.04. The molecule has 174 valence electrons. The molecule has 1 saturated heterocycles. The van der Waals surface area contributed by atoms with Crippen molar-refractivity contribution in [2.24, 2.45) is 13.0 Å². The Balaban J connectivity index is 1.48. The highest BCUT2D eigenvalue weighted by atomic mass is 16.5. The smallest absolute Gasteiger partial charge is 0.407 e. The zero-order valence-electron chi connectivity index (χ0n) is 18.9. The Kier molecular flexibility index (Phi) is 5.57. The fourth-order valence-electron chi connectivity index (χ4n) is 4.39. The van der Waals surface area contributed by atoms with E-state index in [9.17, 15) is 14.7 Å². The lowest BCUT2D eigenvalue weighted by atomic mass is 10.1. The van der Waals surface area contributed by atoms with Crippen LogP contribution in [-0.2, 0) is 13.6 Å². The van der Waals surface area contributed by atoms with Gasteiger partial charge in [-0.25, -0.2) is 4.79 Å². The predicted molar refractivity (Wildman–Crippen MR) is 122 cm³/mol. The number of piperazine rings is 1. The Morgan fingerprint density at radius 2 is 2.12 bits per heavy atom. The van der Waals surface area contributed by atoms with Crippen LogP contribution >= 0.6 is 0 Å². The molecule has 1 aliphatic carbocycles. The van der Waals surface area contributed by atoms with Gasteiger partial charge in [-0.05, 0) is 37.8 Å². The molecule has 1 amide bonds. The summed E-state index contributed by atoms with van der Waals surface area (Å²) in [5, 5.41) is 9.77. The van der Waals surface area contributed by atoms with E-state index in [0.29, 0.717) is 61.2 Å². The highest BCUT2D eigenvalue weighted by Gasteiger charge is 2.28. The van der Waals surface area contributed by atoms with Crippen LogP contribution in [-0.4, -0.2) is 62.8 Å². The van der Waals surface area contributed by atoms with E-state index < -0.39 is 6.09 Å². The number of furan rings is 1. The second-order valence-electron chi connectivity index (χ2n) is 9.09. The maximum Gasteiger partial charge on any atom is 0.407 e. The number of nitrogens with zero attached hydrogens (tertiary/aromatic N) is 4. The van der Waals surface area contributed by atoms with Gasteiger partial charge in [0.05, 0.1) is 24.7 Å². The van der Waals surface area contributed by atoms with Gasteiger partial charge in [0.25, 0.3) is 5.56 Å². The van der Waals surface area contributed by atoms with E-state index in [0.717, 1.165) is 11.1 Å². The van der Waals surface area contributed by atoms with Crippen LogP contribution in [0.2, 0.25) is 0 Å². The first-order valence-corrected chi connectivity index (χ1v) is 11.3. The lowest BCUT2D eigenvalue weighted by Gasteiger charge is -2.38. The minimum Gasteiger partial charge on any atom is -0.491 e. The fourth-order valence-corrected chi connectivity index (χ4v) is 4.39. The van der Waals surface area contributed by atoms with Crippen molar-refractivity contribution < 1.29 is 19.1 Å². The monoisotopic (exact) mass is 452 g/mol. The summed E-state index contributed by atoms with van der Waals surface area (Å²) in [7, 11) is 1.73. The molecule has 5 rings (SSSR count). The quantitative estimate of drug-likeness (QED) is 0.613. The van der Waals surface area contributed by atoms with Crippen molar-refractivity contribution in [1.82, 2.24) is 19.4 Å². The Hall–Kier alpha value is -3.33. The number of ether oxygens (including phenoxy) is 1. The summed E-state index contributed by atoms with van der Waals surface area (Å²) in [6.45, 7) is 4.68. The largest absolute Gasteiger partial charge is 0.491 e. The number of hydrogen-bond donors (Lipinski definition) is 1. The van der Waals surface area contributed by atoms with E-state index in [2.05, 4.69) is 9.88 Å². The summed E-state index contributed by atoms with van der Waals surface area (Å²) < 4.78 is 13.9. The van der Waals surface area contributed by atoms with Gasteiger partial charge >= 0.3 is 6.09 Å². The van der Waals surface area contributed by atoms with Crippen LogP contribution in [0.5, 0.6) is 5.75 Å². The molecule has 0 aromatic carbocycles. The molecule has 0 spiro atoms. The van der Waals surface area contributed by atoms with Crippen LogP contribution in [0, 0.1) is 5.92 Å². The van der Waals surface area contributed by atoms with Crippen LogP contribution in [0.3, 0.4) is 0 Å². The predicted octanol–water partition coefficient (Wildman–Crippen LogP) is 3.17. The molecule has 1 atom stereocenters. The van der Waals surface area contributed by atoms with Crippen LogP contribution in [0.4, 0.5) is 4.79 Å². The van der Waals surface area contributed by atoms with Crippen molar-refractivity contribution in [3.63, 3.8) is 0 Å². The van der Waals surface area contributed by atoms with Crippen LogP contribution < -0.4 is 10.3 Å². The third kappa shape index (κ3) is 4.32. The van der Waals surface area contributed by atoms with Gasteiger partial charge in [-0.15, -0.1) is 0 Å². The van der Waals surface area contributed by atoms with Crippen molar-refractivity contribution >= 4 is 17.1 Å². The molecule has 4 heterocycles. The third-order valence-electron chi connectivity index (χ3n) is 6.54. The SMILES string of the molecule is CC1CN(C(=O)O)CCN1Cc1cc2c(=O)n(C)cc(-c3ccncc3OCC3CC3)c2o1. The Bertz CT molecular complexity index is 1250. The van der Waals surface area contributed by atoms with E-state index in [-0.39, 0.29) is 11.6 Å². The Morgan fingerprint density at radius 3 is 2.85 bits per heavy atom. The van der Waals surface area contributed by atoms with E-state index in [4.69, 9.17) is 9.15 Å². The average Bonchev–Trinajstić information content (AvgIpc) is 3.54. The minimum atomic E-state index is -0.893. The number of aryl methyl sites for hydroxylation is 1. The lowest BCUT2D eigenvalue weighted by Crippen LogP contribution is -2.52. The number of fused-ring (bicyclic) bond motifs is 1. The number of pyridine rings is 2. The molecule has 1 N–H and O–H groups in total. The molecular weight excluding hydrogens is 424 g/mol. The first-order chi connectivity index (χ1) is 15.9. The molecular formula is C24H28N4O5. The summed E-state index contributed by atoms with van der Waals surface area (Å²) >= 11 is 0. The summed E-state index contributed by atoms with van der Waals surface area (Å²) in [6, 6.07) is 3.74. The molecule has 3 aromatic heterocycles. The standard InChI is InChI=1S/C24H28N4O5/c1-15-11-28(24(30)31)8-7-27(15)12-17-9-19-22(33-17)20(13-26(2)23(19)29)18-5-6-25-10-21(18)32-14-16-3-4-16/h5-6,9-10,13,15-16H,3-4,7-8,11-12,14H2,1-2H3,(H,30,31). The van der Waals surface area contributed by atoms with Gasteiger partial charge in [-0.3, -0.25) is 14.7 Å². The molecule has 0 bridgehead atoms. The molecule has 1 saturated carbocycles. The number of carbonyl (C=O) groups is 1. The van der Waals surface area contributed by atoms with Gasteiger partial charge in [0.15, 0.2) is 0 Å². The summed E-state index contributed by atoms with van der Waals surface area (Å²) in [6.07, 6.45) is 6.70. The van der Waals surface area contributed by atoms with E-state index in [1.807, 2.05) is 19.1 Å². The van der Waals surface area contributed by atoms with Crippen LogP contribution in [0.1, 0.15) is 25.5 Å². The van der Waals surface area contributed by atoms with Gasteiger partial charge in [-0.1, -0.05) is 0 Å². The molecule has 0 radical (unpaired) electrons. The van der Waals surface area contributed by atoms with Crippen LogP contribution in [0.25, 0.3) is 22.1 Å². The molecule has 1 unspecified atom stereocenters. The van der Waals surface area contributed by atoms with Gasteiger partial charge in [0.1, 0.15) is 17.1 Å². The Morgan fingerprint density at radius 1 is 1.30 bits per heavy atom. The first-order valence-electron chi connectivity index (χ1n) is 11.3. The van der Waals surface area contributed by atoms with Gasteiger partial charge in [0.2, 0.25) is 0 Å². The van der Waals surface area contributed by atoms with Crippen molar-refractivity contribution in [2.45, 2.75) is 32.4 Å². The van der Waals surface area contributed by atoms with Crippen LogP contribution in [0.15, 0.2) is 39.9 Å². The molecule has 2 aliphatic rings. The van der Waals surface area contributed by atoms with E-state index >= 15 is 0 Å². The summed E-state index contributed by atoms with van der Waals surface area (Å²) in [5.74, 6) is 1.97. The fraction of sp³-hybridized carbons (Fsp3) is 0.458. The normalized spacial score (nSPS) is 19.2. The van der Waals surface area contributed by atoms with Crippen molar-refractivity contribution in [1.29, 1.82) is 0 Å². The second-order valence-corrected chi connectivity index (χ2v) is 9.09. The number of carboxylic acid groups (broad SMARTS) is 1. The highest BCUT2D eigenvalue weighted by molar-refractivity contribution is 5.93. The minimum absolute atomic E-state index is 0.0491. The van der Waals surface area contributed by atoms with Gasteiger partial charge in [0, 0.05) is 56.2 Å². The second kappa shape index (κ2) is 8.55. The molecule has 2 fully saturated rings. The molecule has 9 heteroatoms. The summed E-state index contributed by atoms with van der Waals surface area (Å²) in [4.78, 5) is 32.0. The number of aromatic nitrogens is 2. The third-order valence-corrected chi connectivity index (χ3v) is 6.54. The van der Waals surface area contributed by atoms with Crippen molar-refractivity contribution in [3.05, 3.63) is 46.8 Å².